The van der Waals surface area contributed by atoms with Gasteiger partial charge in [0.1, 0.15) is 22.8 Å². The fraction of sp³-hybridized carbons (Fsp3) is 0.500. The van der Waals surface area contributed by atoms with Gasteiger partial charge in [0.2, 0.25) is 0 Å². The average molecular weight is 371 g/mol. The van der Waals surface area contributed by atoms with Crippen molar-refractivity contribution in [2.75, 3.05) is 36.9 Å². The Morgan fingerprint density at radius 2 is 2.00 bits per heavy atom. The molecule has 2 aliphatic heterocycles. The molecule has 1 saturated heterocycles. The van der Waals surface area contributed by atoms with Gasteiger partial charge in [-0.15, -0.1) is 11.3 Å². The Bertz CT molecular complexity index is 1010. The van der Waals surface area contributed by atoms with Gasteiger partial charge in [-0.3, -0.25) is 0 Å². The van der Waals surface area contributed by atoms with Crippen LogP contribution in [-0.2, 0) is 22.5 Å². The maximum absolute atomic E-state index is 6.13. The van der Waals surface area contributed by atoms with Crippen LogP contribution < -0.4 is 10.6 Å². The van der Waals surface area contributed by atoms with Crippen molar-refractivity contribution in [3.63, 3.8) is 0 Å². The number of anilines is 2. The highest BCUT2D eigenvalue weighted by Gasteiger charge is 2.33. The van der Waals surface area contributed by atoms with Gasteiger partial charge in [0, 0.05) is 30.5 Å². The highest BCUT2D eigenvalue weighted by molar-refractivity contribution is 7.26. The van der Waals surface area contributed by atoms with Crippen LogP contribution in [0.5, 0.6) is 0 Å². The smallest absolute Gasteiger partial charge is 0.144 e. The molecule has 8 heteroatoms. The largest absolute Gasteiger partial charge is 0.382 e. The number of nitrogens with two attached hydrogens (primary N) is 1. The normalized spacial score (nSPS) is 19.8. The molecule has 0 aliphatic carbocycles. The van der Waals surface area contributed by atoms with E-state index in [0.29, 0.717) is 12.4 Å². The summed E-state index contributed by atoms with van der Waals surface area (Å²) < 4.78 is 12.6. The second-order valence-corrected chi connectivity index (χ2v) is 8.44. The minimum Gasteiger partial charge on any atom is -0.382 e. The second kappa shape index (κ2) is 5.73. The average Bonchev–Trinajstić information content (AvgIpc) is 3.01. The van der Waals surface area contributed by atoms with Gasteiger partial charge in [-0.05, 0) is 19.4 Å². The van der Waals surface area contributed by atoms with Crippen molar-refractivity contribution < 1.29 is 9.47 Å². The number of hydrogen-bond donors (Lipinski definition) is 1. The number of thiophene rings is 1. The van der Waals surface area contributed by atoms with Crippen molar-refractivity contribution in [2.45, 2.75) is 32.5 Å². The first-order chi connectivity index (χ1) is 12.5. The molecule has 0 spiro atoms. The van der Waals surface area contributed by atoms with Crippen LogP contribution in [0.4, 0.5) is 11.6 Å². The predicted molar refractivity (Wildman–Crippen MR) is 103 cm³/mol. The third-order valence-electron chi connectivity index (χ3n) is 5.14. The van der Waals surface area contributed by atoms with Crippen LogP contribution in [-0.4, -0.2) is 46.9 Å². The van der Waals surface area contributed by atoms with Gasteiger partial charge in [0.25, 0.3) is 0 Å². The molecule has 0 atom stereocenters. The third kappa shape index (κ3) is 2.44. The number of pyridine rings is 1. The Hall–Kier alpha value is -2.03. The van der Waals surface area contributed by atoms with Gasteiger partial charge >= 0.3 is 0 Å². The van der Waals surface area contributed by atoms with E-state index in [-0.39, 0.29) is 5.60 Å². The molecule has 26 heavy (non-hydrogen) atoms. The number of rotatable bonds is 1. The van der Waals surface area contributed by atoms with E-state index in [1.54, 1.807) is 11.3 Å². The molecule has 0 saturated carbocycles. The molecule has 136 valence electrons. The summed E-state index contributed by atoms with van der Waals surface area (Å²) in [5, 5.41) is 1.11. The molecule has 5 rings (SSSR count). The number of ether oxygens (including phenoxy) is 2. The van der Waals surface area contributed by atoms with E-state index in [1.807, 2.05) is 0 Å². The highest BCUT2D eigenvalue weighted by atomic mass is 32.1. The Labute approximate surface area is 155 Å². The van der Waals surface area contributed by atoms with E-state index in [1.165, 1.54) is 17.5 Å². The lowest BCUT2D eigenvalue weighted by Gasteiger charge is -2.36. The predicted octanol–water partition coefficient (Wildman–Crippen LogP) is 2.51. The Balaban J connectivity index is 1.82. The minimum atomic E-state index is -0.212. The molecule has 0 unspecified atom stereocenters. The molecule has 0 bridgehead atoms. The van der Waals surface area contributed by atoms with E-state index < -0.39 is 0 Å². The summed E-state index contributed by atoms with van der Waals surface area (Å²) in [6.45, 7) is 7.98. The number of nitrogen functional groups attached to an aromatic ring is 1. The molecule has 3 aromatic rings. The quantitative estimate of drug-likeness (QED) is 0.703. The van der Waals surface area contributed by atoms with Gasteiger partial charge in [-0.2, -0.15) is 0 Å². The first kappa shape index (κ1) is 16.2. The van der Waals surface area contributed by atoms with Crippen LogP contribution in [0.25, 0.3) is 20.4 Å². The van der Waals surface area contributed by atoms with Crippen molar-refractivity contribution in [3.8, 4) is 0 Å². The maximum atomic E-state index is 6.13. The number of aromatic nitrogens is 3. The maximum Gasteiger partial charge on any atom is 0.144 e. The van der Waals surface area contributed by atoms with Crippen LogP contribution in [0.3, 0.4) is 0 Å². The Kier molecular flexibility index (Phi) is 3.57. The first-order valence-electron chi connectivity index (χ1n) is 8.84. The van der Waals surface area contributed by atoms with E-state index in [9.17, 15) is 0 Å². The van der Waals surface area contributed by atoms with Gasteiger partial charge in [0.15, 0.2) is 0 Å². The molecule has 1 fully saturated rings. The molecular weight excluding hydrogens is 350 g/mol. The number of hydrogen-bond acceptors (Lipinski definition) is 8. The summed E-state index contributed by atoms with van der Waals surface area (Å²) in [7, 11) is 0. The zero-order chi connectivity index (χ0) is 17.9. The summed E-state index contributed by atoms with van der Waals surface area (Å²) >= 11 is 1.58. The summed E-state index contributed by atoms with van der Waals surface area (Å²) in [6, 6.07) is 0. The zero-order valence-corrected chi connectivity index (χ0v) is 15.7. The van der Waals surface area contributed by atoms with Crippen molar-refractivity contribution in [1.29, 1.82) is 0 Å². The molecule has 2 N–H and O–H groups in total. The first-order valence-corrected chi connectivity index (χ1v) is 9.66. The van der Waals surface area contributed by atoms with Crippen molar-refractivity contribution in [2.24, 2.45) is 0 Å². The minimum absolute atomic E-state index is 0.212. The lowest BCUT2D eigenvalue weighted by Crippen LogP contribution is -2.39. The van der Waals surface area contributed by atoms with Crippen LogP contribution in [0.15, 0.2) is 6.33 Å². The van der Waals surface area contributed by atoms with E-state index >= 15 is 0 Å². The summed E-state index contributed by atoms with van der Waals surface area (Å²) in [5.74, 6) is 1.54. The van der Waals surface area contributed by atoms with Crippen LogP contribution >= 0.6 is 11.3 Å². The van der Waals surface area contributed by atoms with Crippen molar-refractivity contribution in [3.05, 3.63) is 17.5 Å². The van der Waals surface area contributed by atoms with Crippen LogP contribution in [0.2, 0.25) is 0 Å². The molecule has 7 nitrogen and oxygen atoms in total. The SMILES string of the molecule is CC1(C)Cc2c(c(N3CCOCC3)nc3sc4c(N)ncnc4c23)CO1. The molecular formula is C18H21N5O2S. The van der Waals surface area contributed by atoms with Gasteiger partial charge in [0.05, 0.1) is 35.6 Å². The van der Waals surface area contributed by atoms with Crippen LogP contribution in [0.1, 0.15) is 25.0 Å². The number of fused-ring (bicyclic) bond motifs is 5. The summed E-state index contributed by atoms with van der Waals surface area (Å²) in [4.78, 5) is 17.0. The number of morpholine rings is 1. The van der Waals surface area contributed by atoms with Crippen molar-refractivity contribution >= 4 is 43.4 Å². The molecule has 2 aliphatic rings. The van der Waals surface area contributed by atoms with Crippen molar-refractivity contribution in [1.82, 2.24) is 15.0 Å². The molecule has 0 aromatic carbocycles. The van der Waals surface area contributed by atoms with E-state index in [4.69, 9.17) is 20.2 Å². The summed E-state index contributed by atoms with van der Waals surface area (Å²) in [5.41, 5.74) is 9.27. The molecule has 0 radical (unpaired) electrons. The number of nitrogens with zero attached hydrogens (tertiary/aromatic N) is 4. The fourth-order valence-corrected chi connectivity index (χ4v) is 4.90. The lowest BCUT2D eigenvalue weighted by atomic mass is 9.90. The Morgan fingerprint density at radius 1 is 1.19 bits per heavy atom. The monoisotopic (exact) mass is 371 g/mol. The fourth-order valence-electron chi connectivity index (χ4n) is 3.84. The second-order valence-electron chi connectivity index (χ2n) is 7.44. The Morgan fingerprint density at radius 3 is 2.81 bits per heavy atom. The third-order valence-corrected chi connectivity index (χ3v) is 6.24. The van der Waals surface area contributed by atoms with E-state index in [2.05, 4.69) is 28.7 Å². The lowest BCUT2D eigenvalue weighted by molar-refractivity contribution is -0.0396. The van der Waals surface area contributed by atoms with Gasteiger partial charge in [-0.1, -0.05) is 0 Å². The highest BCUT2D eigenvalue weighted by Crippen LogP contribution is 2.43. The summed E-state index contributed by atoms with van der Waals surface area (Å²) in [6.07, 6.45) is 2.37. The zero-order valence-electron chi connectivity index (χ0n) is 14.9. The van der Waals surface area contributed by atoms with E-state index in [0.717, 1.165) is 59.0 Å². The standard InChI is InChI=1S/C18H21N5O2S/c1-18(2)7-10-11(8-25-18)16(23-3-5-24-6-4-23)22-17-12(10)13-14(26-17)15(19)21-9-20-13/h9H,3-8H2,1-2H3,(H2,19,20,21). The van der Waals surface area contributed by atoms with Crippen LogP contribution in [0, 0.1) is 0 Å². The van der Waals surface area contributed by atoms with Gasteiger partial charge in [-0.25, -0.2) is 15.0 Å². The molecule has 5 heterocycles. The topological polar surface area (TPSA) is 86.4 Å². The molecule has 0 amide bonds. The molecule has 3 aromatic heterocycles. The van der Waals surface area contributed by atoms with Gasteiger partial charge < -0.3 is 20.1 Å².